The minimum Gasteiger partial charge on any atom is -0.311 e. The summed E-state index contributed by atoms with van der Waals surface area (Å²) in [5, 5.41) is 0. The van der Waals surface area contributed by atoms with Gasteiger partial charge in [0.1, 0.15) is 0 Å². The number of hydrogen-bond acceptors (Lipinski definition) is 5. The molecule has 0 fully saturated rings. The van der Waals surface area contributed by atoms with Crippen LogP contribution in [0.2, 0.25) is 0 Å². The molecule has 6 heteroatoms. The van der Waals surface area contributed by atoms with Crippen LogP contribution < -0.4 is 40.9 Å². The van der Waals surface area contributed by atoms with Crippen molar-refractivity contribution in [3.63, 3.8) is 0 Å². The van der Waals surface area contributed by atoms with Crippen LogP contribution in [0, 0.1) is 0 Å². The van der Waals surface area contributed by atoms with E-state index in [1.165, 1.54) is 95.0 Å². The SMILES string of the molecule is CC1(C)c2cc(N(c3ccccc3)c3ccccc3)ccc2-c2cc3c4c(c21)N(c1ccccc1)c1c2c(cc5c1C(C)(C)c1cc(N(c6ccccc6)c6ccccc6)ccc1-5)N(c1ccccc1)c1cccc(c1B42)N3c1ccccc1. The maximum atomic E-state index is 2.75. The van der Waals surface area contributed by atoms with Crippen molar-refractivity contribution < 1.29 is 0 Å². The molecule has 398 valence electrons. The molecule has 3 heterocycles. The van der Waals surface area contributed by atoms with Gasteiger partial charge in [-0.15, -0.1) is 0 Å². The van der Waals surface area contributed by atoms with Crippen molar-refractivity contribution in [2.75, 3.05) is 24.5 Å². The normalized spacial score (nSPS) is 14.5. The Morgan fingerprint density at radius 3 is 0.940 bits per heavy atom. The van der Waals surface area contributed by atoms with E-state index in [0.29, 0.717) is 0 Å². The average molecular weight is 1080 g/mol. The highest BCUT2D eigenvalue weighted by atomic mass is 15.2. The lowest BCUT2D eigenvalue weighted by Gasteiger charge is -2.51. The first kappa shape index (κ1) is 48.4. The Morgan fingerprint density at radius 1 is 0.274 bits per heavy atom. The molecular weight excluding hydrogens is 1020 g/mol. The molecule has 0 bridgehead atoms. The molecule has 2 aliphatic carbocycles. The molecule has 3 aliphatic heterocycles. The van der Waals surface area contributed by atoms with Crippen molar-refractivity contribution in [1.29, 1.82) is 0 Å². The summed E-state index contributed by atoms with van der Waals surface area (Å²) in [4.78, 5) is 12.7. The molecule has 0 unspecified atom stereocenters. The smallest absolute Gasteiger partial charge is 0.257 e. The zero-order valence-electron chi connectivity index (χ0n) is 47.4. The molecule has 17 rings (SSSR count). The number of benzene rings is 12. The fourth-order valence-corrected chi connectivity index (χ4v) is 15.3. The summed E-state index contributed by atoms with van der Waals surface area (Å²) < 4.78 is 0. The van der Waals surface area contributed by atoms with Gasteiger partial charge in [0.2, 0.25) is 0 Å². The van der Waals surface area contributed by atoms with Gasteiger partial charge >= 0.3 is 0 Å². The third kappa shape index (κ3) is 6.79. The highest BCUT2D eigenvalue weighted by molar-refractivity contribution is 7.02. The second-order valence-corrected chi connectivity index (χ2v) is 24.0. The van der Waals surface area contributed by atoms with E-state index in [-0.39, 0.29) is 6.71 Å². The molecule has 5 nitrogen and oxygen atoms in total. The zero-order chi connectivity index (χ0) is 56.0. The van der Waals surface area contributed by atoms with Crippen LogP contribution >= 0.6 is 0 Å². The summed E-state index contributed by atoms with van der Waals surface area (Å²) in [5.41, 5.74) is 31.1. The topological polar surface area (TPSA) is 16.2 Å². The molecule has 12 aromatic carbocycles. The van der Waals surface area contributed by atoms with Crippen LogP contribution in [0.15, 0.2) is 279 Å². The van der Waals surface area contributed by atoms with Gasteiger partial charge in [-0.05, 0) is 194 Å². The van der Waals surface area contributed by atoms with Crippen LogP contribution in [-0.4, -0.2) is 6.71 Å². The summed E-state index contributed by atoms with van der Waals surface area (Å²) in [6, 6.07) is 104. The van der Waals surface area contributed by atoms with Gasteiger partial charge in [0.15, 0.2) is 0 Å². The third-order valence-electron chi connectivity index (χ3n) is 18.8. The number of anilines is 15. The summed E-state index contributed by atoms with van der Waals surface area (Å²) in [6.45, 7) is 9.84. The third-order valence-corrected chi connectivity index (χ3v) is 18.8. The lowest BCUT2D eigenvalue weighted by molar-refractivity contribution is 0.656. The summed E-state index contributed by atoms with van der Waals surface area (Å²) in [7, 11) is 0. The van der Waals surface area contributed by atoms with Crippen LogP contribution in [0.25, 0.3) is 22.3 Å². The molecule has 0 aromatic heterocycles. The molecular formula is C78H58BN5. The van der Waals surface area contributed by atoms with Crippen molar-refractivity contribution in [1.82, 2.24) is 0 Å². The van der Waals surface area contributed by atoms with Gasteiger partial charge in [0, 0.05) is 96.1 Å². The summed E-state index contributed by atoms with van der Waals surface area (Å²) in [5.74, 6) is 0. The van der Waals surface area contributed by atoms with Gasteiger partial charge in [0.25, 0.3) is 6.71 Å². The van der Waals surface area contributed by atoms with Crippen molar-refractivity contribution in [3.8, 4) is 22.3 Å². The minimum absolute atomic E-state index is 0.106. The second kappa shape index (κ2) is 18.1. The number of para-hydroxylation sites is 7. The van der Waals surface area contributed by atoms with Gasteiger partial charge < -0.3 is 24.5 Å². The van der Waals surface area contributed by atoms with Crippen molar-refractivity contribution in [2.24, 2.45) is 0 Å². The van der Waals surface area contributed by atoms with E-state index in [9.17, 15) is 0 Å². The summed E-state index contributed by atoms with van der Waals surface area (Å²) >= 11 is 0. The highest BCUT2D eigenvalue weighted by Crippen LogP contribution is 2.63. The van der Waals surface area contributed by atoms with Crippen LogP contribution in [0.4, 0.5) is 85.3 Å². The fourth-order valence-electron chi connectivity index (χ4n) is 15.3. The Morgan fingerprint density at radius 2 is 0.595 bits per heavy atom. The molecule has 0 saturated heterocycles. The largest absolute Gasteiger partial charge is 0.311 e. The van der Waals surface area contributed by atoms with Gasteiger partial charge in [0.05, 0.1) is 0 Å². The van der Waals surface area contributed by atoms with E-state index in [2.05, 4.69) is 331 Å². The molecule has 0 N–H and O–H groups in total. The molecule has 0 spiro atoms. The Bertz CT molecular complexity index is 4260. The van der Waals surface area contributed by atoms with E-state index in [0.717, 1.165) is 51.2 Å². The fraction of sp³-hybridized carbons (Fsp3) is 0.0769. The molecule has 0 amide bonds. The molecule has 84 heavy (non-hydrogen) atoms. The second-order valence-electron chi connectivity index (χ2n) is 24.0. The average Bonchev–Trinajstić information content (AvgIpc) is 1.22. The van der Waals surface area contributed by atoms with Crippen molar-refractivity contribution in [2.45, 2.75) is 38.5 Å². The first-order valence-electron chi connectivity index (χ1n) is 29.5. The summed E-state index contributed by atoms with van der Waals surface area (Å²) in [6.07, 6.45) is 0. The lowest BCUT2D eigenvalue weighted by atomic mass is 9.31. The van der Waals surface area contributed by atoms with E-state index >= 15 is 0 Å². The van der Waals surface area contributed by atoms with Gasteiger partial charge in [-0.3, -0.25) is 0 Å². The van der Waals surface area contributed by atoms with Gasteiger partial charge in [-0.1, -0.05) is 173 Å². The quantitative estimate of drug-likeness (QED) is 0.134. The van der Waals surface area contributed by atoms with Crippen LogP contribution in [0.5, 0.6) is 0 Å². The van der Waals surface area contributed by atoms with E-state index in [4.69, 9.17) is 0 Å². The van der Waals surface area contributed by atoms with Crippen molar-refractivity contribution >= 4 is 108 Å². The number of rotatable bonds is 9. The molecule has 0 radical (unpaired) electrons. The Hall–Kier alpha value is -10.3. The maximum Gasteiger partial charge on any atom is 0.257 e. The number of nitrogens with zero attached hydrogens (tertiary/aromatic N) is 5. The monoisotopic (exact) mass is 1080 g/mol. The van der Waals surface area contributed by atoms with Gasteiger partial charge in [-0.2, -0.15) is 0 Å². The molecule has 0 saturated carbocycles. The van der Waals surface area contributed by atoms with E-state index in [1.807, 2.05) is 0 Å². The predicted octanol–water partition coefficient (Wildman–Crippen LogP) is 19.1. The Balaban J connectivity index is 0.983. The van der Waals surface area contributed by atoms with Crippen LogP contribution in [0.3, 0.4) is 0 Å². The first-order valence-corrected chi connectivity index (χ1v) is 29.5. The van der Waals surface area contributed by atoms with Crippen molar-refractivity contribution in [3.05, 3.63) is 301 Å². The Labute approximate surface area is 492 Å². The zero-order valence-corrected chi connectivity index (χ0v) is 47.4. The molecule has 0 atom stereocenters. The Kier molecular flexibility index (Phi) is 10.4. The maximum absolute atomic E-state index is 2.75. The lowest BCUT2D eigenvalue weighted by Crippen LogP contribution is -2.65. The standard InChI is InChI=1S/C78H58BN5/c1-77(2)64-47-58(80(51-27-12-5-13-28-51)52-29-14-6-15-30-52)43-45-60(64)62-49-68-73-75(70(62)77)84(57-39-24-11-25-40-57)76-71-63(61-46-44-59(48-65(61)78(71,3)4)81(53-31-16-7-17-32-53)54-33-18-8-19-34-54)50-69-74(76)79(73)72-66(82(68)55-35-20-9-21-36-55)41-26-42-67(72)83(69)56-37-22-10-23-38-56/h5-50H,1-4H3. The number of hydrogen-bond donors (Lipinski definition) is 0. The molecule has 5 aliphatic rings. The number of fused-ring (bicyclic) bond motifs is 8. The van der Waals surface area contributed by atoms with Gasteiger partial charge in [-0.25, -0.2) is 0 Å². The first-order chi connectivity index (χ1) is 41.3. The van der Waals surface area contributed by atoms with Crippen LogP contribution in [-0.2, 0) is 10.8 Å². The highest BCUT2D eigenvalue weighted by Gasteiger charge is 2.56. The molecule has 12 aromatic rings. The minimum atomic E-state index is -0.455. The van der Waals surface area contributed by atoms with Crippen LogP contribution in [0.1, 0.15) is 49.9 Å². The van der Waals surface area contributed by atoms with E-state index in [1.54, 1.807) is 0 Å². The predicted molar refractivity (Wildman–Crippen MR) is 353 cm³/mol. The van der Waals surface area contributed by atoms with E-state index < -0.39 is 10.8 Å².